The van der Waals surface area contributed by atoms with Gasteiger partial charge < -0.3 is 89.1 Å². The van der Waals surface area contributed by atoms with Crippen LogP contribution < -0.4 is 0 Å². The molecule has 0 amide bonds. The normalized spacial score (nSPS) is 27.3. The molecule has 24 nitrogen and oxygen atoms in total. The van der Waals surface area contributed by atoms with Crippen LogP contribution in [0.3, 0.4) is 0 Å². The number of phosphoric ester groups is 1. The van der Waals surface area contributed by atoms with Gasteiger partial charge in [-0.25, -0.2) is 4.57 Å². The third-order valence-corrected chi connectivity index (χ3v) is 21.5. The highest BCUT2D eigenvalue weighted by Gasteiger charge is 2.58. The summed E-state index contributed by atoms with van der Waals surface area (Å²) in [4.78, 5) is 51.2. The Balaban J connectivity index is 1.70. The number of phosphoric acid groups is 1. The molecule has 1 saturated carbocycles. The molecule has 0 bridgehead atoms. The quantitative estimate of drug-likeness (QED) is 0.0117. The Morgan fingerprint density at radius 3 is 1.06 bits per heavy atom. The minimum atomic E-state index is -5.70. The summed E-state index contributed by atoms with van der Waals surface area (Å²) in [5.41, 5.74) is 0. The number of hydrogen-bond acceptors (Lipinski definition) is 23. The Morgan fingerprint density at radius 2 is 0.686 bits per heavy atom. The van der Waals surface area contributed by atoms with Gasteiger partial charge in [0.25, 0.3) is 0 Å². The van der Waals surface area contributed by atoms with Crippen molar-refractivity contribution in [1.82, 2.24) is 0 Å². The first-order valence-electron chi connectivity index (χ1n) is 40.7. The van der Waals surface area contributed by atoms with Crippen LogP contribution in [0.5, 0.6) is 0 Å². The average molecular weight is 1490 g/mol. The molecule has 2 aliphatic heterocycles. The number of hydrogen-bond donors (Lipinski definition) is 11. The zero-order valence-electron chi connectivity index (χ0n) is 63.3. The van der Waals surface area contributed by atoms with E-state index >= 15 is 0 Å². The molecule has 3 rings (SSSR count). The van der Waals surface area contributed by atoms with Gasteiger partial charge in [-0.3, -0.25) is 23.4 Å². The molecule has 0 spiro atoms. The fraction of sp³-hybridized carbons (Fsp3) is 0.961. The topological polar surface area (TPSA) is 374 Å². The summed E-state index contributed by atoms with van der Waals surface area (Å²) in [6.45, 7) is 5.82. The van der Waals surface area contributed by atoms with Crippen LogP contribution in [-0.2, 0) is 61.2 Å². The maximum absolute atomic E-state index is 14.4. The monoisotopic (exact) mass is 1480 g/mol. The number of carbonyl (C=O) groups excluding carboxylic acids is 3. The molecule has 0 aromatic rings. The predicted octanol–water partition coefficient (Wildman–Crippen LogP) is 12.4. The van der Waals surface area contributed by atoms with Crippen LogP contribution in [-0.4, -0.2) is 204 Å². The summed E-state index contributed by atoms with van der Waals surface area (Å²) in [5.74, 6) is -1.27. The molecule has 0 radical (unpaired) electrons. The van der Waals surface area contributed by atoms with E-state index < -0.39 is 156 Å². The first-order valence-corrected chi connectivity index (χ1v) is 42.2. The van der Waals surface area contributed by atoms with Gasteiger partial charge in [-0.2, -0.15) is 0 Å². The van der Waals surface area contributed by atoms with E-state index in [4.69, 9.17) is 42.2 Å². The molecule has 3 aliphatic rings. The first kappa shape index (κ1) is 94.2. The molecule has 19 unspecified atom stereocenters. The van der Waals surface area contributed by atoms with E-state index in [0.717, 1.165) is 89.9 Å². The van der Waals surface area contributed by atoms with Crippen LogP contribution in [0.4, 0.5) is 0 Å². The molecular formula is C77H145O24P. The van der Waals surface area contributed by atoms with E-state index in [9.17, 15) is 74.9 Å². The van der Waals surface area contributed by atoms with Gasteiger partial charge in [-0.15, -0.1) is 0 Å². The van der Waals surface area contributed by atoms with Gasteiger partial charge >= 0.3 is 25.7 Å². The van der Waals surface area contributed by atoms with Crippen molar-refractivity contribution in [3.63, 3.8) is 0 Å². The molecule has 1 aliphatic carbocycles. The minimum Gasteiger partial charge on any atom is -0.463 e. The molecule has 2 saturated heterocycles. The molecule has 25 heteroatoms. The van der Waals surface area contributed by atoms with Gasteiger partial charge in [0.2, 0.25) is 0 Å². The number of aliphatic hydroxyl groups excluding tert-OH is 10. The van der Waals surface area contributed by atoms with E-state index in [-0.39, 0.29) is 19.3 Å². The smallest absolute Gasteiger partial charge is 0.463 e. The molecule has 11 N–H and O–H groups in total. The molecule has 0 aromatic carbocycles. The van der Waals surface area contributed by atoms with E-state index in [1.165, 1.54) is 180 Å². The Hall–Kier alpha value is -2.04. The standard InChI is InChI=1S/C77H145O24P/c1-5-8-11-14-17-19-21-23-25-26-27-29-30-32-34-40-45-50-61(79)93-54-58(96-63(81)52-47-42-35-33-31-28-24-22-20-18-15-12-9-6-2)55-95-102(91,92)101-75-73(99-76-71(89)66(84)64(82)59(53-78)97-76)69(87)68(86)70(88)74(75)100-77-72(90)67(85)65(83)60(98-77)56-94-62(80)51-46-41-37-36-39-44-49-57(4)48-43-38-16-13-10-7-3/h57-60,64-78,82-90H,5-56H2,1-4H3,(H,91,92). The van der Waals surface area contributed by atoms with Gasteiger partial charge in [0.05, 0.1) is 13.2 Å². The van der Waals surface area contributed by atoms with Crippen LogP contribution >= 0.6 is 7.82 Å². The van der Waals surface area contributed by atoms with Crippen LogP contribution in [0.1, 0.15) is 336 Å². The lowest BCUT2D eigenvalue weighted by atomic mass is 9.84. The Morgan fingerprint density at radius 1 is 0.373 bits per heavy atom. The van der Waals surface area contributed by atoms with Crippen LogP contribution in [0.15, 0.2) is 0 Å². The second-order valence-electron chi connectivity index (χ2n) is 29.8. The highest BCUT2D eigenvalue weighted by molar-refractivity contribution is 7.47. The van der Waals surface area contributed by atoms with Crippen molar-refractivity contribution >= 4 is 25.7 Å². The van der Waals surface area contributed by atoms with Gasteiger partial charge in [0.15, 0.2) is 18.7 Å². The largest absolute Gasteiger partial charge is 0.472 e. The molecular weight excluding hydrogens is 1340 g/mol. The summed E-state index contributed by atoms with van der Waals surface area (Å²) in [6.07, 6.45) is 15.7. The fourth-order valence-electron chi connectivity index (χ4n) is 13.8. The average Bonchev–Trinajstić information content (AvgIpc) is 0.762. The fourth-order valence-corrected chi connectivity index (χ4v) is 14.8. The van der Waals surface area contributed by atoms with Crippen LogP contribution in [0.25, 0.3) is 0 Å². The summed E-state index contributed by atoms with van der Waals surface area (Å²) in [5, 5.41) is 110. The summed E-state index contributed by atoms with van der Waals surface area (Å²) in [6, 6.07) is 0. The highest BCUT2D eigenvalue weighted by atomic mass is 31.2. The number of ether oxygens (including phenoxy) is 7. The first-order chi connectivity index (χ1) is 49.2. The lowest BCUT2D eigenvalue weighted by molar-refractivity contribution is -0.360. The maximum atomic E-state index is 14.4. The van der Waals surface area contributed by atoms with Gasteiger partial charge in [-0.05, 0) is 25.2 Å². The minimum absolute atomic E-state index is 0.0311. The number of carbonyl (C=O) groups is 3. The predicted molar refractivity (Wildman–Crippen MR) is 388 cm³/mol. The SMILES string of the molecule is CCCCCCCCCCCCCCCCCCCC(=O)OCC(COP(=O)(O)OC1C(OC2OC(CO)C(O)C(O)C2O)C(O)C(O)C(O)C1OC1OC(COC(=O)CCCCCCCCC(C)CCCCCCCC)C(O)C(O)C1O)OC(=O)CCCCCCCCCCCCCCCC. The number of esters is 3. The number of unbranched alkanes of at least 4 members (excludes halogenated alkanes) is 39. The number of aliphatic hydroxyl groups is 10. The van der Waals surface area contributed by atoms with Crippen molar-refractivity contribution in [2.24, 2.45) is 5.92 Å². The van der Waals surface area contributed by atoms with E-state index in [2.05, 4.69) is 27.7 Å². The summed E-state index contributed by atoms with van der Waals surface area (Å²) < 4.78 is 65.2. The Kier molecular flexibility index (Phi) is 53.5. The van der Waals surface area contributed by atoms with Gasteiger partial charge in [0, 0.05) is 19.3 Å². The van der Waals surface area contributed by atoms with E-state index in [1.807, 2.05) is 0 Å². The van der Waals surface area contributed by atoms with Crippen LogP contribution in [0, 0.1) is 5.92 Å². The second-order valence-corrected chi connectivity index (χ2v) is 31.2. The molecule has 3 fully saturated rings. The Labute approximate surface area is 612 Å². The van der Waals surface area contributed by atoms with Crippen molar-refractivity contribution in [2.75, 3.05) is 26.4 Å². The van der Waals surface area contributed by atoms with Crippen molar-refractivity contribution in [1.29, 1.82) is 0 Å². The highest BCUT2D eigenvalue weighted by Crippen LogP contribution is 2.49. The molecule has 602 valence electrons. The third-order valence-electron chi connectivity index (χ3n) is 20.5. The lowest BCUT2D eigenvalue weighted by Gasteiger charge is -2.49. The molecule has 2 heterocycles. The van der Waals surface area contributed by atoms with Crippen LogP contribution in [0.2, 0.25) is 0 Å². The third kappa shape index (κ3) is 40.4. The van der Waals surface area contributed by atoms with E-state index in [0.29, 0.717) is 25.2 Å². The summed E-state index contributed by atoms with van der Waals surface area (Å²) in [7, 11) is -5.70. The lowest BCUT2D eigenvalue weighted by Crippen LogP contribution is -2.69. The second kappa shape index (κ2) is 58.0. The van der Waals surface area contributed by atoms with Crippen molar-refractivity contribution in [3.8, 4) is 0 Å². The number of rotatable bonds is 64. The molecule has 102 heavy (non-hydrogen) atoms. The van der Waals surface area contributed by atoms with Crippen molar-refractivity contribution in [2.45, 2.75) is 440 Å². The maximum Gasteiger partial charge on any atom is 0.472 e. The summed E-state index contributed by atoms with van der Waals surface area (Å²) >= 11 is 0. The zero-order chi connectivity index (χ0) is 74.8. The molecule has 19 atom stereocenters. The van der Waals surface area contributed by atoms with Crippen molar-refractivity contribution in [3.05, 3.63) is 0 Å². The zero-order valence-corrected chi connectivity index (χ0v) is 64.2. The van der Waals surface area contributed by atoms with Gasteiger partial charge in [-0.1, -0.05) is 297 Å². The Bertz CT molecular complexity index is 2120. The molecule has 0 aromatic heterocycles. The van der Waals surface area contributed by atoms with E-state index in [1.54, 1.807) is 0 Å². The van der Waals surface area contributed by atoms with Gasteiger partial charge in [0.1, 0.15) is 98.7 Å². The van der Waals surface area contributed by atoms with Crippen molar-refractivity contribution < 1.29 is 117 Å².